The molecule has 258 valence electrons. The van der Waals surface area contributed by atoms with E-state index < -0.39 is 0 Å². The van der Waals surface area contributed by atoms with Crippen LogP contribution < -0.4 is 5.32 Å². The minimum atomic E-state index is -0.00376. The molecular weight excluding hydrogens is 611 g/mol. The third kappa shape index (κ3) is 5.10. The van der Waals surface area contributed by atoms with Gasteiger partial charge in [0.15, 0.2) is 0 Å². The van der Waals surface area contributed by atoms with E-state index in [0.717, 1.165) is 43.8 Å². The van der Waals surface area contributed by atoms with Crippen LogP contribution >= 0.6 is 0 Å². The summed E-state index contributed by atoms with van der Waals surface area (Å²) < 4.78 is 7.10. The van der Waals surface area contributed by atoms with E-state index in [4.69, 9.17) is 14.7 Å². The van der Waals surface area contributed by atoms with Crippen molar-refractivity contribution < 1.29 is 4.74 Å². The molecule has 10 atom stereocenters. The fraction of sp³-hybridized carbons (Fsp3) is 0.522. The first-order chi connectivity index (χ1) is 24.8. The first-order valence-corrected chi connectivity index (χ1v) is 20.2. The van der Waals surface area contributed by atoms with Gasteiger partial charge >= 0.3 is 0 Å². The van der Waals surface area contributed by atoms with E-state index in [-0.39, 0.29) is 29.7 Å². The van der Waals surface area contributed by atoms with Gasteiger partial charge in [0, 0.05) is 34.7 Å². The van der Waals surface area contributed by atoms with Crippen LogP contribution in [0, 0.1) is 35.5 Å². The normalized spacial score (nSPS) is 40.1. The van der Waals surface area contributed by atoms with Gasteiger partial charge in [-0.25, -0.2) is 9.98 Å². The molecule has 10 unspecified atom stereocenters. The Labute approximate surface area is 299 Å². The van der Waals surface area contributed by atoms with Gasteiger partial charge in [0.05, 0.1) is 12.2 Å². The van der Waals surface area contributed by atoms with Crippen LogP contribution in [0.15, 0.2) is 118 Å². The first kappa shape index (κ1) is 31.3. The van der Waals surface area contributed by atoms with Gasteiger partial charge in [-0.2, -0.15) is 0 Å². The van der Waals surface area contributed by atoms with Crippen LogP contribution in [0.25, 0.3) is 0 Å². The van der Waals surface area contributed by atoms with E-state index in [1.807, 2.05) is 0 Å². The summed E-state index contributed by atoms with van der Waals surface area (Å²) in [6.45, 7) is 0. The van der Waals surface area contributed by atoms with Gasteiger partial charge < -0.3 is 10.1 Å². The molecule has 4 heteroatoms. The van der Waals surface area contributed by atoms with Crippen molar-refractivity contribution in [3.8, 4) is 0 Å². The molecular formula is C46H53N3O. The zero-order chi connectivity index (χ0) is 33.1. The molecule has 7 aliphatic carbocycles. The van der Waals surface area contributed by atoms with Crippen LogP contribution in [0.2, 0.25) is 0 Å². The summed E-state index contributed by atoms with van der Waals surface area (Å²) in [5.41, 5.74) is 5.98. The Bertz CT molecular complexity index is 1780. The van der Waals surface area contributed by atoms with E-state index in [0.29, 0.717) is 35.5 Å². The van der Waals surface area contributed by atoms with Gasteiger partial charge in [0.25, 0.3) is 0 Å². The second-order valence-corrected chi connectivity index (χ2v) is 16.7. The summed E-state index contributed by atoms with van der Waals surface area (Å²) in [5, 5.41) is 3.83. The Morgan fingerprint density at radius 1 is 0.800 bits per heavy atom. The number of allylic oxidation sites excluding steroid dienone is 9. The molecule has 2 aliphatic heterocycles. The number of nitrogens with zero attached hydrogens (tertiary/aromatic N) is 2. The molecule has 0 aromatic heterocycles. The number of fused-ring (bicyclic) bond motifs is 9. The summed E-state index contributed by atoms with van der Waals surface area (Å²) in [4.78, 5) is 10.8. The average molecular weight is 664 g/mol. The van der Waals surface area contributed by atoms with Gasteiger partial charge in [-0.05, 0) is 98.7 Å². The lowest BCUT2D eigenvalue weighted by Gasteiger charge is -2.57. The van der Waals surface area contributed by atoms with Crippen LogP contribution in [-0.4, -0.2) is 30.0 Å². The lowest BCUT2D eigenvalue weighted by Crippen LogP contribution is -2.57. The zero-order valence-corrected chi connectivity index (χ0v) is 29.5. The molecule has 2 fully saturated rings. The maximum atomic E-state index is 7.10. The standard InChI is InChI=1S/C46H53N3O/c1-3-14-30(15-4-1)43-47-44(31-16-5-2-6-17-31)49-45(48-43)34-19-13-18-32(28-34)33-26-27-42-40(29-33)46(39-24-11-12-25-41(39)50-42)37-22-9-7-20-35(37)36-21-8-10-23-38(36)46/h3,7-10,13-15,19-24,26-27,31-35,37,40-42,44H,1-2,4-6,11-12,16-18,25,28-29H2,(H,47,48,49). The lowest BCUT2D eigenvalue weighted by molar-refractivity contribution is -0.0847. The molecule has 4 nitrogen and oxygen atoms in total. The maximum absolute atomic E-state index is 7.10. The molecule has 0 bridgehead atoms. The molecule has 1 saturated heterocycles. The fourth-order valence-corrected chi connectivity index (χ4v) is 11.9. The Morgan fingerprint density at radius 2 is 1.72 bits per heavy atom. The van der Waals surface area contributed by atoms with Crippen LogP contribution in [0.4, 0.5) is 0 Å². The summed E-state index contributed by atoms with van der Waals surface area (Å²) >= 11 is 0. The number of benzene rings is 1. The van der Waals surface area contributed by atoms with Gasteiger partial charge in [-0.1, -0.05) is 116 Å². The van der Waals surface area contributed by atoms with Crippen LogP contribution in [0.5, 0.6) is 0 Å². The van der Waals surface area contributed by atoms with E-state index in [9.17, 15) is 0 Å². The molecule has 0 radical (unpaired) electrons. The third-order valence-electron chi connectivity index (χ3n) is 14.1. The Balaban J connectivity index is 0.977. The highest BCUT2D eigenvalue weighted by atomic mass is 16.5. The number of ether oxygens (including phenoxy) is 1. The Hall–Kier alpha value is -3.50. The monoisotopic (exact) mass is 663 g/mol. The minimum Gasteiger partial charge on any atom is -0.366 e. The average Bonchev–Trinajstić information content (AvgIpc) is 3.49. The van der Waals surface area contributed by atoms with E-state index >= 15 is 0 Å². The molecule has 1 aromatic carbocycles. The molecule has 50 heavy (non-hydrogen) atoms. The summed E-state index contributed by atoms with van der Waals surface area (Å²) in [6.07, 6.45) is 45.5. The van der Waals surface area contributed by atoms with Crippen molar-refractivity contribution in [2.75, 3.05) is 0 Å². The van der Waals surface area contributed by atoms with Crippen molar-refractivity contribution in [3.05, 3.63) is 119 Å². The molecule has 0 amide bonds. The number of hydrogen-bond acceptors (Lipinski definition) is 4. The van der Waals surface area contributed by atoms with E-state index in [1.165, 1.54) is 56.9 Å². The largest absolute Gasteiger partial charge is 0.366 e. The number of hydrogen-bond donors (Lipinski definition) is 1. The predicted octanol–water partition coefficient (Wildman–Crippen LogP) is 10.00. The van der Waals surface area contributed by atoms with Gasteiger partial charge in [0.2, 0.25) is 0 Å². The van der Waals surface area contributed by atoms with Gasteiger partial charge in [0.1, 0.15) is 17.8 Å². The van der Waals surface area contributed by atoms with Crippen molar-refractivity contribution in [2.45, 2.75) is 113 Å². The predicted molar refractivity (Wildman–Crippen MR) is 204 cm³/mol. The van der Waals surface area contributed by atoms with Gasteiger partial charge in [-0.15, -0.1) is 0 Å². The van der Waals surface area contributed by atoms with Crippen molar-refractivity contribution in [2.24, 2.45) is 45.5 Å². The highest BCUT2D eigenvalue weighted by Crippen LogP contribution is 2.66. The summed E-state index contributed by atoms with van der Waals surface area (Å²) in [5.74, 6) is 5.40. The van der Waals surface area contributed by atoms with Crippen LogP contribution in [0.3, 0.4) is 0 Å². The SMILES string of the molecule is C1=CC2c3ccccc3C3(C4=CCCCC4OC4C=CC(C5CC=CC(C6=NC(C7CCCCC7)NC(C7=CCCC=C7)=N6)C5)CC43)C2C=C1. The number of amidine groups is 2. The van der Waals surface area contributed by atoms with Crippen molar-refractivity contribution >= 4 is 11.7 Å². The lowest BCUT2D eigenvalue weighted by atomic mass is 9.52. The number of nitrogens with one attached hydrogen (secondary N) is 1. The van der Waals surface area contributed by atoms with E-state index in [1.54, 1.807) is 16.7 Å². The molecule has 1 saturated carbocycles. The first-order valence-electron chi connectivity index (χ1n) is 20.2. The quantitative estimate of drug-likeness (QED) is 0.326. The highest BCUT2D eigenvalue weighted by molar-refractivity contribution is 6.10. The molecule has 10 rings (SSSR count). The molecule has 9 aliphatic rings. The molecule has 1 aromatic rings. The molecule has 1 N–H and O–H groups in total. The second-order valence-electron chi connectivity index (χ2n) is 16.7. The molecule has 2 heterocycles. The van der Waals surface area contributed by atoms with Crippen molar-refractivity contribution in [1.29, 1.82) is 0 Å². The van der Waals surface area contributed by atoms with E-state index in [2.05, 4.69) is 102 Å². The Kier molecular flexibility index (Phi) is 8.08. The third-order valence-corrected chi connectivity index (χ3v) is 14.1. The Morgan fingerprint density at radius 3 is 2.64 bits per heavy atom. The summed E-state index contributed by atoms with van der Waals surface area (Å²) in [6, 6.07) is 9.48. The highest BCUT2D eigenvalue weighted by Gasteiger charge is 2.63. The van der Waals surface area contributed by atoms with Crippen LogP contribution in [-0.2, 0) is 10.2 Å². The van der Waals surface area contributed by atoms with Crippen molar-refractivity contribution in [1.82, 2.24) is 5.32 Å². The van der Waals surface area contributed by atoms with Crippen molar-refractivity contribution in [3.63, 3.8) is 0 Å². The van der Waals surface area contributed by atoms with Crippen LogP contribution in [0.1, 0.15) is 101 Å². The number of rotatable bonds is 4. The zero-order valence-electron chi connectivity index (χ0n) is 29.5. The smallest absolute Gasteiger partial charge is 0.136 e. The van der Waals surface area contributed by atoms with Gasteiger partial charge in [-0.3, -0.25) is 0 Å². The maximum Gasteiger partial charge on any atom is 0.136 e. The minimum absolute atomic E-state index is 0.00376. The summed E-state index contributed by atoms with van der Waals surface area (Å²) in [7, 11) is 0. The second kappa shape index (κ2) is 12.9. The fourth-order valence-electron chi connectivity index (χ4n) is 11.9. The number of aliphatic imine (C=N–C) groups is 2. The topological polar surface area (TPSA) is 46.0 Å². The molecule has 1 spiro atoms.